The minimum atomic E-state index is -1.06. The zero-order valence-corrected chi connectivity index (χ0v) is 17.9. The fraction of sp³-hybridized carbons (Fsp3) is 0.182. The van der Waals surface area contributed by atoms with Crippen LogP contribution in [0.4, 0.5) is 5.69 Å². The number of rotatable bonds is 7. The number of hydrogen-bond acceptors (Lipinski definition) is 5. The van der Waals surface area contributed by atoms with Crippen molar-refractivity contribution in [3.05, 3.63) is 70.1 Å². The van der Waals surface area contributed by atoms with Crippen molar-refractivity contribution in [2.45, 2.75) is 19.8 Å². The van der Waals surface area contributed by atoms with Crippen molar-refractivity contribution in [2.24, 2.45) is 0 Å². The molecule has 1 fully saturated rings. The van der Waals surface area contributed by atoms with Gasteiger partial charge < -0.3 is 10.4 Å². The molecule has 2 aromatic carbocycles. The average molecular weight is 441 g/mol. The van der Waals surface area contributed by atoms with Crippen LogP contribution in [0.15, 0.2) is 53.4 Å². The Bertz CT molecular complexity index is 1030. The molecule has 30 heavy (non-hydrogen) atoms. The fourth-order valence-corrected chi connectivity index (χ4v) is 4.17. The van der Waals surface area contributed by atoms with Gasteiger partial charge in [0.2, 0.25) is 5.91 Å². The molecule has 1 aliphatic rings. The van der Waals surface area contributed by atoms with Gasteiger partial charge in [-0.15, -0.1) is 0 Å². The van der Waals surface area contributed by atoms with E-state index in [1.54, 1.807) is 12.1 Å². The molecule has 1 saturated heterocycles. The zero-order valence-electron chi connectivity index (χ0n) is 16.3. The molecule has 3 rings (SSSR count). The Balaban J connectivity index is 1.53. The standard InChI is InChI=1S/C22H20N2O4S2/c1-14-7-9-15(10-8-14)12-18-20(26)24(22(29)30-18)11-3-6-19(25)23-17-5-2-4-16(13-17)21(27)28/h2,4-5,7-10,12-13H,3,6,11H2,1H3,(H,23,25)(H,27,28)/b18-12+. The second-order valence-corrected chi connectivity index (χ2v) is 8.46. The number of hydrogen-bond donors (Lipinski definition) is 2. The summed E-state index contributed by atoms with van der Waals surface area (Å²) in [5, 5.41) is 11.7. The highest BCUT2D eigenvalue weighted by Gasteiger charge is 2.31. The summed E-state index contributed by atoms with van der Waals surface area (Å²) < 4.78 is 0.480. The number of nitrogens with one attached hydrogen (secondary N) is 1. The highest BCUT2D eigenvalue weighted by Crippen LogP contribution is 2.32. The average Bonchev–Trinajstić information content (AvgIpc) is 2.97. The van der Waals surface area contributed by atoms with E-state index in [9.17, 15) is 14.4 Å². The zero-order chi connectivity index (χ0) is 21.7. The van der Waals surface area contributed by atoms with Crippen LogP contribution in [0, 0.1) is 6.92 Å². The lowest BCUT2D eigenvalue weighted by Gasteiger charge is -2.14. The van der Waals surface area contributed by atoms with Gasteiger partial charge in [0, 0.05) is 18.7 Å². The molecular formula is C22H20N2O4S2. The van der Waals surface area contributed by atoms with Crippen LogP contribution in [-0.2, 0) is 9.59 Å². The monoisotopic (exact) mass is 440 g/mol. The molecule has 2 aromatic rings. The van der Waals surface area contributed by atoms with Crippen LogP contribution >= 0.6 is 24.0 Å². The van der Waals surface area contributed by atoms with Gasteiger partial charge >= 0.3 is 5.97 Å². The van der Waals surface area contributed by atoms with E-state index in [1.807, 2.05) is 37.3 Å². The molecule has 0 aliphatic carbocycles. The van der Waals surface area contributed by atoms with Crippen molar-refractivity contribution >= 4 is 57.8 Å². The first-order valence-electron chi connectivity index (χ1n) is 9.29. The predicted molar refractivity (Wildman–Crippen MR) is 122 cm³/mol. The molecule has 6 nitrogen and oxygen atoms in total. The summed E-state index contributed by atoms with van der Waals surface area (Å²) in [6.45, 7) is 2.35. The fourth-order valence-electron chi connectivity index (χ4n) is 2.86. The predicted octanol–water partition coefficient (Wildman–Crippen LogP) is 4.31. The first-order chi connectivity index (χ1) is 14.3. The maximum absolute atomic E-state index is 12.6. The van der Waals surface area contributed by atoms with Gasteiger partial charge in [0.1, 0.15) is 4.32 Å². The normalized spacial score (nSPS) is 15.0. The summed E-state index contributed by atoms with van der Waals surface area (Å²) in [6.07, 6.45) is 2.45. The Morgan fingerprint density at radius 3 is 2.63 bits per heavy atom. The third-order valence-corrected chi connectivity index (χ3v) is 5.81. The Morgan fingerprint density at radius 1 is 1.20 bits per heavy atom. The Kier molecular flexibility index (Phi) is 7.02. The largest absolute Gasteiger partial charge is 0.478 e. The molecule has 0 spiro atoms. The van der Waals surface area contributed by atoms with E-state index in [0.717, 1.165) is 11.1 Å². The number of carboxylic acids is 1. The van der Waals surface area contributed by atoms with Crippen molar-refractivity contribution in [3.63, 3.8) is 0 Å². The van der Waals surface area contributed by atoms with Gasteiger partial charge in [-0.05, 0) is 43.2 Å². The lowest BCUT2D eigenvalue weighted by atomic mass is 10.1. The number of carbonyl (C=O) groups is 3. The molecule has 2 amide bonds. The third-order valence-electron chi connectivity index (χ3n) is 4.43. The number of carbonyl (C=O) groups excluding carboxylic acids is 2. The summed E-state index contributed by atoms with van der Waals surface area (Å²) in [5.41, 5.74) is 2.61. The number of anilines is 1. The van der Waals surface area contributed by atoms with Gasteiger partial charge in [-0.3, -0.25) is 14.5 Å². The number of nitrogens with zero attached hydrogens (tertiary/aromatic N) is 1. The van der Waals surface area contributed by atoms with E-state index in [4.69, 9.17) is 17.3 Å². The van der Waals surface area contributed by atoms with Crippen LogP contribution in [0.3, 0.4) is 0 Å². The lowest BCUT2D eigenvalue weighted by Crippen LogP contribution is -2.29. The van der Waals surface area contributed by atoms with E-state index < -0.39 is 5.97 Å². The Labute approximate surface area is 184 Å². The van der Waals surface area contributed by atoms with Gasteiger partial charge in [-0.1, -0.05) is 59.9 Å². The van der Waals surface area contributed by atoms with E-state index in [1.165, 1.54) is 28.8 Å². The van der Waals surface area contributed by atoms with Gasteiger partial charge in [-0.2, -0.15) is 0 Å². The number of thioether (sulfide) groups is 1. The first kappa shape index (κ1) is 21.7. The maximum atomic E-state index is 12.6. The van der Waals surface area contributed by atoms with Crippen molar-refractivity contribution in [1.29, 1.82) is 0 Å². The second-order valence-electron chi connectivity index (χ2n) is 6.78. The van der Waals surface area contributed by atoms with Crippen molar-refractivity contribution < 1.29 is 19.5 Å². The van der Waals surface area contributed by atoms with E-state index >= 15 is 0 Å². The summed E-state index contributed by atoms with van der Waals surface area (Å²) >= 11 is 6.58. The Hall–Kier alpha value is -2.97. The number of aromatic carboxylic acids is 1. The number of benzene rings is 2. The number of thiocarbonyl (C=S) groups is 1. The van der Waals surface area contributed by atoms with Gasteiger partial charge in [0.15, 0.2) is 0 Å². The molecule has 2 N–H and O–H groups in total. The van der Waals surface area contributed by atoms with Gasteiger partial charge in [-0.25, -0.2) is 4.79 Å². The third kappa shape index (κ3) is 5.55. The number of aryl methyl sites for hydroxylation is 1. The summed E-state index contributed by atoms with van der Waals surface area (Å²) in [4.78, 5) is 37.9. The van der Waals surface area contributed by atoms with Crippen LogP contribution in [-0.4, -0.2) is 38.7 Å². The molecule has 0 atom stereocenters. The summed E-state index contributed by atoms with van der Waals surface area (Å²) in [7, 11) is 0. The topological polar surface area (TPSA) is 86.7 Å². The molecule has 0 aromatic heterocycles. The smallest absolute Gasteiger partial charge is 0.335 e. The quantitative estimate of drug-likeness (QED) is 0.493. The van der Waals surface area contributed by atoms with Crippen molar-refractivity contribution in [2.75, 3.05) is 11.9 Å². The van der Waals surface area contributed by atoms with Crippen LogP contribution < -0.4 is 5.32 Å². The van der Waals surface area contributed by atoms with Gasteiger partial charge in [0.25, 0.3) is 5.91 Å². The van der Waals surface area contributed by atoms with E-state index in [-0.39, 0.29) is 23.8 Å². The minimum absolute atomic E-state index is 0.103. The molecule has 154 valence electrons. The molecule has 0 radical (unpaired) electrons. The summed E-state index contributed by atoms with van der Waals surface area (Å²) in [6, 6.07) is 13.9. The van der Waals surface area contributed by atoms with E-state index in [0.29, 0.717) is 27.9 Å². The Morgan fingerprint density at radius 2 is 1.93 bits per heavy atom. The highest BCUT2D eigenvalue weighted by molar-refractivity contribution is 8.26. The second kappa shape index (κ2) is 9.69. The minimum Gasteiger partial charge on any atom is -0.478 e. The van der Waals surface area contributed by atoms with Crippen molar-refractivity contribution in [3.8, 4) is 0 Å². The van der Waals surface area contributed by atoms with E-state index in [2.05, 4.69) is 5.32 Å². The molecule has 0 saturated carbocycles. The first-order valence-corrected chi connectivity index (χ1v) is 10.5. The number of amides is 2. The molecule has 1 aliphatic heterocycles. The SMILES string of the molecule is Cc1ccc(/C=C2/SC(=S)N(CCCC(=O)Nc3cccc(C(=O)O)c3)C2=O)cc1. The number of carboxylic acid groups (broad SMARTS) is 1. The molecule has 0 bridgehead atoms. The molecule has 0 unspecified atom stereocenters. The van der Waals surface area contributed by atoms with Crippen LogP contribution in [0.25, 0.3) is 6.08 Å². The van der Waals surface area contributed by atoms with Crippen molar-refractivity contribution in [1.82, 2.24) is 4.90 Å². The maximum Gasteiger partial charge on any atom is 0.335 e. The highest BCUT2D eigenvalue weighted by atomic mass is 32.2. The van der Waals surface area contributed by atoms with Crippen LogP contribution in [0.1, 0.15) is 34.3 Å². The van der Waals surface area contributed by atoms with Gasteiger partial charge in [0.05, 0.1) is 10.5 Å². The van der Waals surface area contributed by atoms with Crippen LogP contribution in [0.5, 0.6) is 0 Å². The lowest BCUT2D eigenvalue weighted by molar-refractivity contribution is -0.122. The molecule has 8 heteroatoms. The summed E-state index contributed by atoms with van der Waals surface area (Å²) in [5.74, 6) is -1.46. The molecule has 1 heterocycles. The van der Waals surface area contributed by atoms with Crippen LogP contribution in [0.2, 0.25) is 0 Å². The molecular weight excluding hydrogens is 420 g/mol.